The summed E-state index contributed by atoms with van der Waals surface area (Å²) in [6.07, 6.45) is 0. The summed E-state index contributed by atoms with van der Waals surface area (Å²) in [5.74, 6) is 1.06. The van der Waals surface area contributed by atoms with E-state index in [1.165, 1.54) is 7.11 Å². The summed E-state index contributed by atoms with van der Waals surface area (Å²) >= 11 is 0. The summed E-state index contributed by atoms with van der Waals surface area (Å²) in [5, 5.41) is 2.87. The number of aryl methyl sites for hydroxylation is 1. The van der Waals surface area contributed by atoms with Gasteiger partial charge in [0.15, 0.2) is 9.84 Å². The predicted octanol–water partition coefficient (Wildman–Crippen LogP) is 0.640. The molecule has 1 aromatic heterocycles. The van der Waals surface area contributed by atoms with Gasteiger partial charge in [-0.15, -0.1) is 0 Å². The molecule has 96 valence electrons. The van der Waals surface area contributed by atoms with Crippen molar-refractivity contribution >= 4 is 15.8 Å². The molecule has 1 rings (SSSR count). The molecule has 0 spiro atoms. The number of anilines is 1. The monoisotopic (exact) mass is 259 g/mol. The molecule has 1 aromatic rings. The Kier molecular flexibility index (Phi) is 4.68. The molecule has 0 amide bonds. The van der Waals surface area contributed by atoms with Crippen LogP contribution >= 0.6 is 0 Å². The van der Waals surface area contributed by atoms with Gasteiger partial charge in [0, 0.05) is 24.1 Å². The molecule has 0 aliphatic carbocycles. The molecule has 7 heteroatoms. The van der Waals surface area contributed by atoms with Crippen LogP contribution in [0.5, 0.6) is 5.88 Å². The third-order valence-electron chi connectivity index (χ3n) is 2.18. The van der Waals surface area contributed by atoms with Crippen LogP contribution in [0.3, 0.4) is 0 Å². The molecule has 0 saturated carbocycles. The van der Waals surface area contributed by atoms with E-state index in [4.69, 9.17) is 4.74 Å². The zero-order chi connectivity index (χ0) is 12.9. The number of hydrogen-bond donors (Lipinski definition) is 1. The third-order valence-corrected chi connectivity index (χ3v) is 3.88. The second-order valence-electron chi connectivity index (χ2n) is 3.54. The zero-order valence-corrected chi connectivity index (χ0v) is 11.0. The molecule has 17 heavy (non-hydrogen) atoms. The standard InChI is InChI=1S/C10H17N3O3S/c1-4-17(14,15)6-5-11-10-12-8(2)7-9(13-10)16-3/h7H,4-6H2,1-3H3,(H,11,12,13). The van der Waals surface area contributed by atoms with Crippen LogP contribution in [0, 0.1) is 6.92 Å². The number of aromatic nitrogens is 2. The molecule has 1 heterocycles. The number of nitrogens with one attached hydrogen (secondary N) is 1. The number of sulfone groups is 1. The summed E-state index contributed by atoms with van der Waals surface area (Å²) in [4.78, 5) is 8.19. The lowest BCUT2D eigenvalue weighted by atomic mass is 10.4. The highest BCUT2D eigenvalue weighted by molar-refractivity contribution is 7.91. The van der Waals surface area contributed by atoms with Crippen molar-refractivity contribution in [1.82, 2.24) is 9.97 Å². The molecule has 0 atom stereocenters. The number of hydrogen-bond acceptors (Lipinski definition) is 6. The fourth-order valence-corrected chi connectivity index (χ4v) is 1.89. The van der Waals surface area contributed by atoms with Crippen LogP contribution in [0.1, 0.15) is 12.6 Å². The van der Waals surface area contributed by atoms with Crippen LogP contribution in [-0.2, 0) is 9.84 Å². The van der Waals surface area contributed by atoms with Crippen molar-refractivity contribution in [2.75, 3.05) is 30.5 Å². The Balaban J connectivity index is 2.61. The minimum Gasteiger partial charge on any atom is -0.481 e. The maximum Gasteiger partial charge on any atom is 0.226 e. The molecular weight excluding hydrogens is 242 g/mol. The molecule has 0 unspecified atom stereocenters. The highest BCUT2D eigenvalue weighted by atomic mass is 32.2. The van der Waals surface area contributed by atoms with Gasteiger partial charge < -0.3 is 10.1 Å². The van der Waals surface area contributed by atoms with Crippen molar-refractivity contribution < 1.29 is 13.2 Å². The van der Waals surface area contributed by atoms with E-state index in [1.807, 2.05) is 6.92 Å². The van der Waals surface area contributed by atoms with Gasteiger partial charge in [-0.3, -0.25) is 0 Å². The highest BCUT2D eigenvalue weighted by Gasteiger charge is 2.07. The van der Waals surface area contributed by atoms with Crippen molar-refractivity contribution in [3.8, 4) is 5.88 Å². The van der Waals surface area contributed by atoms with E-state index in [9.17, 15) is 8.42 Å². The van der Waals surface area contributed by atoms with E-state index in [0.29, 0.717) is 18.4 Å². The van der Waals surface area contributed by atoms with Gasteiger partial charge in [0.25, 0.3) is 0 Å². The first kappa shape index (κ1) is 13.7. The van der Waals surface area contributed by atoms with Crippen LogP contribution < -0.4 is 10.1 Å². The Hall–Kier alpha value is -1.37. The van der Waals surface area contributed by atoms with Crippen molar-refractivity contribution in [3.05, 3.63) is 11.8 Å². The van der Waals surface area contributed by atoms with Crippen LogP contribution in [0.2, 0.25) is 0 Å². The van der Waals surface area contributed by atoms with Crippen LogP contribution in [0.4, 0.5) is 5.95 Å². The van der Waals surface area contributed by atoms with Gasteiger partial charge in [0.2, 0.25) is 11.8 Å². The number of methoxy groups -OCH3 is 1. The van der Waals surface area contributed by atoms with Crippen molar-refractivity contribution in [3.63, 3.8) is 0 Å². The van der Waals surface area contributed by atoms with Crippen LogP contribution in [0.25, 0.3) is 0 Å². The minimum absolute atomic E-state index is 0.0725. The van der Waals surface area contributed by atoms with Gasteiger partial charge in [0.1, 0.15) is 0 Å². The fraction of sp³-hybridized carbons (Fsp3) is 0.600. The van der Waals surface area contributed by atoms with Crippen molar-refractivity contribution in [2.24, 2.45) is 0 Å². The first-order chi connectivity index (χ1) is 7.96. The van der Waals surface area contributed by atoms with Gasteiger partial charge in [-0.1, -0.05) is 6.92 Å². The lowest BCUT2D eigenvalue weighted by molar-refractivity contribution is 0.397. The Morgan fingerprint density at radius 2 is 2.12 bits per heavy atom. The summed E-state index contributed by atoms with van der Waals surface area (Å²) < 4.78 is 27.5. The van der Waals surface area contributed by atoms with E-state index in [-0.39, 0.29) is 11.5 Å². The summed E-state index contributed by atoms with van der Waals surface area (Å²) in [5.41, 5.74) is 0.762. The highest BCUT2D eigenvalue weighted by Crippen LogP contribution is 2.10. The van der Waals surface area contributed by atoms with E-state index < -0.39 is 9.84 Å². The molecule has 0 fully saturated rings. The molecule has 6 nitrogen and oxygen atoms in total. The third kappa shape index (κ3) is 4.56. The zero-order valence-electron chi connectivity index (χ0n) is 10.2. The maximum atomic E-state index is 11.3. The Morgan fingerprint density at radius 3 is 2.71 bits per heavy atom. The second-order valence-corrected chi connectivity index (χ2v) is 6.01. The molecular formula is C10H17N3O3S. The summed E-state index contributed by atoms with van der Waals surface area (Å²) in [7, 11) is -1.44. The van der Waals surface area contributed by atoms with Crippen molar-refractivity contribution in [2.45, 2.75) is 13.8 Å². The number of nitrogens with zero attached hydrogens (tertiary/aromatic N) is 2. The van der Waals surface area contributed by atoms with Gasteiger partial charge in [-0.05, 0) is 6.92 Å². The Bertz CT molecular complexity index is 474. The average Bonchev–Trinajstić information content (AvgIpc) is 2.28. The Labute approximate surface area is 101 Å². The molecule has 0 aliphatic heterocycles. The van der Waals surface area contributed by atoms with E-state index in [2.05, 4.69) is 15.3 Å². The molecule has 0 saturated heterocycles. The van der Waals surface area contributed by atoms with E-state index in [1.54, 1.807) is 13.0 Å². The molecule has 0 aromatic carbocycles. The normalized spacial score (nSPS) is 11.2. The lowest BCUT2D eigenvalue weighted by Gasteiger charge is -2.07. The van der Waals surface area contributed by atoms with E-state index in [0.717, 1.165) is 5.69 Å². The molecule has 0 radical (unpaired) electrons. The topological polar surface area (TPSA) is 81.2 Å². The second kappa shape index (κ2) is 5.81. The number of ether oxygens (including phenoxy) is 1. The van der Waals surface area contributed by atoms with Crippen LogP contribution in [-0.4, -0.2) is 43.5 Å². The fourth-order valence-electron chi connectivity index (χ4n) is 1.19. The maximum absolute atomic E-state index is 11.3. The van der Waals surface area contributed by atoms with Gasteiger partial charge in [-0.25, -0.2) is 13.4 Å². The average molecular weight is 259 g/mol. The van der Waals surface area contributed by atoms with Crippen LogP contribution in [0.15, 0.2) is 6.07 Å². The lowest BCUT2D eigenvalue weighted by Crippen LogP contribution is -2.18. The van der Waals surface area contributed by atoms with Gasteiger partial charge in [0.05, 0.1) is 12.9 Å². The predicted molar refractivity (Wildman–Crippen MR) is 66.1 cm³/mol. The van der Waals surface area contributed by atoms with E-state index >= 15 is 0 Å². The molecule has 1 N–H and O–H groups in total. The SMILES string of the molecule is CCS(=O)(=O)CCNc1nc(C)cc(OC)n1. The van der Waals surface area contributed by atoms with Gasteiger partial charge >= 0.3 is 0 Å². The quantitative estimate of drug-likeness (QED) is 0.807. The minimum atomic E-state index is -2.96. The largest absolute Gasteiger partial charge is 0.481 e. The molecule has 0 bridgehead atoms. The first-order valence-corrected chi connectivity index (χ1v) is 7.13. The van der Waals surface area contributed by atoms with Gasteiger partial charge in [-0.2, -0.15) is 4.98 Å². The molecule has 0 aliphatic rings. The number of rotatable bonds is 6. The smallest absolute Gasteiger partial charge is 0.226 e. The first-order valence-electron chi connectivity index (χ1n) is 5.31. The summed E-state index contributed by atoms with van der Waals surface area (Å²) in [6, 6.07) is 1.70. The summed E-state index contributed by atoms with van der Waals surface area (Å²) in [6.45, 7) is 3.74. The van der Waals surface area contributed by atoms with Crippen molar-refractivity contribution in [1.29, 1.82) is 0 Å². The Morgan fingerprint density at radius 1 is 1.41 bits per heavy atom.